The van der Waals surface area contributed by atoms with Crippen LogP contribution in [0, 0.1) is 0 Å². The van der Waals surface area contributed by atoms with Crippen LogP contribution in [0.2, 0.25) is 0 Å². The van der Waals surface area contributed by atoms with Gasteiger partial charge in [-0.05, 0) is 31.0 Å². The van der Waals surface area contributed by atoms with Crippen molar-refractivity contribution in [3.8, 4) is 0 Å². The van der Waals surface area contributed by atoms with Gasteiger partial charge in [-0.3, -0.25) is 14.4 Å². The normalized spacial score (nSPS) is 18.7. The first-order valence-corrected chi connectivity index (χ1v) is 8.98. The van der Waals surface area contributed by atoms with Gasteiger partial charge in [0, 0.05) is 32.1 Å². The zero-order valence-electron chi connectivity index (χ0n) is 14.5. The van der Waals surface area contributed by atoms with Gasteiger partial charge in [0.2, 0.25) is 5.91 Å². The summed E-state index contributed by atoms with van der Waals surface area (Å²) >= 11 is 0. The number of piperazine rings is 1. The molecule has 140 valence electrons. The molecule has 0 aromatic carbocycles. The van der Waals surface area contributed by atoms with Crippen LogP contribution in [0.5, 0.6) is 0 Å². The minimum Gasteiger partial charge on any atom is -0.468 e. The van der Waals surface area contributed by atoms with Crippen molar-refractivity contribution in [2.45, 2.75) is 38.3 Å². The Morgan fingerprint density at radius 1 is 1.27 bits per heavy atom. The van der Waals surface area contributed by atoms with Gasteiger partial charge in [0.25, 0.3) is 6.43 Å². The molecule has 2 aromatic rings. The van der Waals surface area contributed by atoms with Crippen molar-refractivity contribution in [3.63, 3.8) is 0 Å². The van der Waals surface area contributed by atoms with E-state index in [2.05, 4.69) is 10.00 Å². The van der Waals surface area contributed by atoms with Gasteiger partial charge in [-0.15, -0.1) is 0 Å². The lowest BCUT2D eigenvalue weighted by Crippen LogP contribution is -2.49. The monoisotopic (exact) mass is 364 g/mol. The van der Waals surface area contributed by atoms with Gasteiger partial charge < -0.3 is 9.32 Å². The number of aromatic nitrogens is 2. The molecule has 26 heavy (non-hydrogen) atoms. The van der Waals surface area contributed by atoms with E-state index in [0.29, 0.717) is 25.3 Å². The van der Waals surface area contributed by atoms with Gasteiger partial charge in [0.15, 0.2) is 0 Å². The Labute approximate surface area is 150 Å². The third-order valence-corrected chi connectivity index (χ3v) is 5.02. The number of furan rings is 1. The average Bonchev–Trinajstić information content (AvgIpc) is 3.19. The molecule has 1 aliphatic carbocycles. The van der Waals surface area contributed by atoms with Crippen LogP contribution in [0.4, 0.5) is 8.78 Å². The SMILES string of the molecule is O=C(Cn1nc(C2CC2)cc1C(F)F)N1CCN(Cc2ccco2)CC1. The smallest absolute Gasteiger partial charge is 0.280 e. The summed E-state index contributed by atoms with van der Waals surface area (Å²) in [6.07, 6.45) is 1.01. The summed E-state index contributed by atoms with van der Waals surface area (Å²) in [5.74, 6) is 1.03. The number of amides is 1. The zero-order valence-corrected chi connectivity index (χ0v) is 14.5. The molecule has 6 nitrogen and oxygen atoms in total. The third kappa shape index (κ3) is 3.80. The molecule has 1 saturated carbocycles. The second-order valence-electron chi connectivity index (χ2n) is 6.96. The molecule has 0 unspecified atom stereocenters. The number of carbonyl (C=O) groups is 1. The molecule has 4 rings (SSSR count). The molecule has 0 bridgehead atoms. The number of hydrogen-bond donors (Lipinski definition) is 0. The van der Waals surface area contributed by atoms with Crippen molar-refractivity contribution in [2.24, 2.45) is 0 Å². The van der Waals surface area contributed by atoms with E-state index in [9.17, 15) is 13.6 Å². The van der Waals surface area contributed by atoms with E-state index in [1.54, 1.807) is 11.2 Å². The molecule has 2 fully saturated rings. The standard InChI is InChI=1S/C18H22F2N4O2/c19-18(20)16-10-15(13-3-4-13)21-24(16)12-17(25)23-7-5-22(6-8-23)11-14-2-1-9-26-14/h1-2,9-10,13,18H,3-8,11-12H2. The van der Waals surface area contributed by atoms with E-state index in [1.807, 2.05) is 12.1 Å². The number of rotatable bonds is 6. The molecule has 2 aliphatic rings. The van der Waals surface area contributed by atoms with Crippen molar-refractivity contribution in [1.82, 2.24) is 19.6 Å². The van der Waals surface area contributed by atoms with Crippen LogP contribution >= 0.6 is 0 Å². The highest BCUT2D eigenvalue weighted by atomic mass is 19.3. The topological polar surface area (TPSA) is 54.5 Å². The lowest BCUT2D eigenvalue weighted by Gasteiger charge is -2.34. The maximum absolute atomic E-state index is 13.2. The lowest BCUT2D eigenvalue weighted by atomic mass is 10.2. The fourth-order valence-corrected chi connectivity index (χ4v) is 3.34. The molecule has 1 amide bonds. The molecular formula is C18H22F2N4O2. The highest BCUT2D eigenvalue weighted by Crippen LogP contribution is 2.40. The Bertz CT molecular complexity index is 747. The van der Waals surface area contributed by atoms with Gasteiger partial charge in [0.1, 0.15) is 18.0 Å². The zero-order chi connectivity index (χ0) is 18.1. The molecule has 3 heterocycles. The fraction of sp³-hybridized carbons (Fsp3) is 0.556. The predicted octanol–water partition coefficient (Wildman–Crippen LogP) is 2.64. The molecule has 8 heteroatoms. The minimum atomic E-state index is -2.62. The molecule has 0 N–H and O–H groups in total. The van der Waals surface area contributed by atoms with Crippen LogP contribution < -0.4 is 0 Å². The number of halogens is 2. The van der Waals surface area contributed by atoms with Gasteiger partial charge in [-0.1, -0.05) is 0 Å². The summed E-state index contributed by atoms with van der Waals surface area (Å²) in [6.45, 7) is 3.24. The summed E-state index contributed by atoms with van der Waals surface area (Å²) in [5, 5.41) is 4.26. The minimum absolute atomic E-state index is 0.120. The van der Waals surface area contributed by atoms with Crippen molar-refractivity contribution in [1.29, 1.82) is 0 Å². The highest BCUT2D eigenvalue weighted by molar-refractivity contribution is 5.76. The first-order valence-electron chi connectivity index (χ1n) is 8.98. The Balaban J connectivity index is 1.34. The van der Waals surface area contributed by atoms with E-state index >= 15 is 0 Å². The fourth-order valence-electron chi connectivity index (χ4n) is 3.34. The van der Waals surface area contributed by atoms with Gasteiger partial charge in [-0.2, -0.15) is 5.10 Å². The second kappa shape index (κ2) is 7.19. The van der Waals surface area contributed by atoms with Crippen LogP contribution in [-0.2, 0) is 17.9 Å². The maximum atomic E-state index is 13.2. The Morgan fingerprint density at radius 2 is 2.04 bits per heavy atom. The molecule has 2 aromatic heterocycles. The Morgan fingerprint density at radius 3 is 2.65 bits per heavy atom. The third-order valence-electron chi connectivity index (χ3n) is 5.02. The van der Waals surface area contributed by atoms with Crippen molar-refractivity contribution in [3.05, 3.63) is 41.6 Å². The quantitative estimate of drug-likeness (QED) is 0.791. The first-order chi connectivity index (χ1) is 12.6. The van der Waals surface area contributed by atoms with Crippen LogP contribution in [0.25, 0.3) is 0 Å². The summed E-state index contributed by atoms with van der Waals surface area (Å²) < 4.78 is 33.0. The van der Waals surface area contributed by atoms with Crippen molar-refractivity contribution in [2.75, 3.05) is 26.2 Å². The van der Waals surface area contributed by atoms with Crippen LogP contribution in [0.15, 0.2) is 28.9 Å². The Hall–Kier alpha value is -2.22. The number of nitrogens with zero attached hydrogens (tertiary/aromatic N) is 4. The van der Waals surface area contributed by atoms with E-state index in [1.165, 1.54) is 10.7 Å². The van der Waals surface area contributed by atoms with Crippen molar-refractivity contribution < 1.29 is 18.0 Å². The van der Waals surface area contributed by atoms with Crippen molar-refractivity contribution >= 4 is 5.91 Å². The molecule has 0 radical (unpaired) electrons. The maximum Gasteiger partial charge on any atom is 0.280 e. The summed E-state index contributed by atoms with van der Waals surface area (Å²) in [6, 6.07) is 5.24. The van der Waals surface area contributed by atoms with E-state index in [4.69, 9.17) is 4.42 Å². The van der Waals surface area contributed by atoms with E-state index in [0.717, 1.165) is 31.7 Å². The van der Waals surface area contributed by atoms with Gasteiger partial charge in [-0.25, -0.2) is 8.78 Å². The molecule has 1 aliphatic heterocycles. The number of alkyl halides is 2. The number of hydrogen-bond acceptors (Lipinski definition) is 4. The second-order valence-corrected chi connectivity index (χ2v) is 6.96. The first kappa shape index (κ1) is 17.2. The molecule has 0 atom stereocenters. The number of carbonyl (C=O) groups excluding carboxylic acids is 1. The average molecular weight is 364 g/mol. The Kier molecular flexibility index (Phi) is 4.76. The van der Waals surface area contributed by atoms with Crippen LogP contribution in [0.1, 0.15) is 42.3 Å². The van der Waals surface area contributed by atoms with Crippen LogP contribution in [-0.4, -0.2) is 51.7 Å². The van der Waals surface area contributed by atoms with Gasteiger partial charge in [0.05, 0.1) is 18.5 Å². The van der Waals surface area contributed by atoms with E-state index < -0.39 is 6.43 Å². The van der Waals surface area contributed by atoms with E-state index in [-0.39, 0.29) is 24.1 Å². The lowest BCUT2D eigenvalue weighted by molar-refractivity contribution is -0.134. The molecule has 1 saturated heterocycles. The van der Waals surface area contributed by atoms with Crippen LogP contribution in [0.3, 0.4) is 0 Å². The highest BCUT2D eigenvalue weighted by Gasteiger charge is 2.30. The largest absolute Gasteiger partial charge is 0.468 e. The summed E-state index contributed by atoms with van der Waals surface area (Å²) in [7, 11) is 0. The summed E-state index contributed by atoms with van der Waals surface area (Å²) in [5.41, 5.74) is 0.535. The molecular weight excluding hydrogens is 342 g/mol. The predicted molar refractivity (Wildman–Crippen MR) is 89.7 cm³/mol. The van der Waals surface area contributed by atoms with Gasteiger partial charge >= 0.3 is 0 Å². The molecule has 0 spiro atoms. The summed E-state index contributed by atoms with van der Waals surface area (Å²) in [4.78, 5) is 16.5.